The van der Waals surface area contributed by atoms with E-state index in [-0.39, 0.29) is 5.91 Å². The van der Waals surface area contributed by atoms with Crippen molar-refractivity contribution in [2.24, 2.45) is 5.92 Å². The molecule has 1 aromatic rings. The van der Waals surface area contributed by atoms with Gasteiger partial charge in [0.1, 0.15) is 5.82 Å². The van der Waals surface area contributed by atoms with Gasteiger partial charge in [0.2, 0.25) is 5.91 Å². The van der Waals surface area contributed by atoms with E-state index in [9.17, 15) is 4.79 Å². The minimum atomic E-state index is 0.195. The van der Waals surface area contributed by atoms with Gasteiger partial charge in [-0.25, -0.2) is 0 Å². The maximum atomic E-state index is 12.5. The molecule has 24 heavy (non-hydrogen) atoms. The van der Waals surface area contributed by atoms with Crippen LogP contribution in [0.4, 0.5) is 0 Å². The highest BCUT2D eigenvalue weighted by atomic mass is 32.2. The van der Waals surface area contributed by atoms with Gasteiger partial charge in [0.25, 0.3) is 0 Å². The maximum Gasteiger partial charge on any atom is 0.233 e. The van der Waals surface area contributed by atoms with Crippen molar-refractivity contribution in [1.29, 1.82) is 0 Å². The Balaban J connectivity index is 1.56. The lowest BCUT2D eigenvalue weighted by atomic mass is 9.87. The predicted octanol–water partition coefficient (Wildman–Crippen LogP) is 3.47. The Kier molecular flexibility index (Phi) is 5.64. The molecule has 2 aliphatic rings. The van der Waals surface area contributed by atoms with Crippen LogP contribution < -0.4 is 0 Å². The molecule has 5 nitrogen and oxygen atoms in total. The number of hydrogen-bond acceptors (Lipinski definition) is 4. The van der Waals surface area contributed by atoms with E-state index in [2.05, 4.69) is 28.3 Å². The number of hydrogen-bond donors (Lipinski definition) is 0. The Hall–Kier alpha value is -1.30. The maximum absolute atomic E-state index is 12.5. The van der Waals surface area contributed by atoms with Crippen LogP contribution in [0.3, 0.4) is 0 Å². The molecule has 2 saturated carbocycles. The second kappa shape index (κ2) is 7.72. The van der Waals surface area contributed by atoms with Crippen LogP contribution >= 0.6 is 11.8 Å². The topological polar surface area (TPSA) is 51.0 Å². The number of rotatable bonds is 7. The average Bonchev–Trinajstić information content (AvgIpc) is 3.35. The second-order valence-electron chi connectivity index (χ2n) is 7.22. The van der Waals surface area contributed by atoms with Crippen LogP contribution in [0.5, 0.6) is 0 Å². The van der Waals surface area contributed by atoms with E-state index < -0.39 is 0 Å². The first-order chi connectivity index (χ1) is 11.6. The van der Waals surface area contributed by atoms with Crippen molar-refractivity contribution in [3.8, 4) is 0 Å². The second-order valence-corrected chi connectivity index (χ2v) is 8.16. The Bertz CT molecular complexity index is 588. The highest BCUT2D eigenvalue weighted by Crippen LogP contribution is 2.40. The van der Waals surface area contributed by atoms with E-state index in [0.29, 0.717) is 24.3 Å². The van der Waals surface area contributed by atoms with Crippen LogP contribution in [0.15, 0.2) is 17.8 Å². The number of aromatic nitrogens is 3. The molecule has 2 aliphatic carbocycles. The van der Waals surface area contributed by atoms with E-state index in [4.69, 9.17) is 0 Å². The molecular formula is C18H28N4OS. The smallest absolute Gasteiger partial charge is 0.233 e. The van der Waals surface area contributed by atoms with Crippen LogP contribution in [0.25, 0.3) is 0 Å². The first-order valence-corrected chi connectivity index (χ1v) is 10.0. The Morgan fingerprint density at radius 3 is 2.62 bits per heavy atom. The van der Waals surface area contributed by atoms with Gasteiger partial charge in [-0.2, -0.15) is 0 Å². The summed E-state index contributed by atoms with van der Waals surface area (Å²) in [6.07, 6.45) is 8.99. The fourth-order valence-corrected chi connectivity index (χ4v) is 4.29. The van der Waals surface area contributed by atoms with Crippen LogP contribution in [-0.2, 0) is 11.3 Å². The lowest BCUT2D eigenvalue weighted by Crippen LogP contribution is -2.40. The molecule has 0 radical (unpaired) electrons. The van der Waals surface area contributed by atoms with Gasteiger partial charge >= 0.3 is 0 Å². The van der Waals surface area contributed by atoms with Crippen LogP contribution in [0, 0.1) is 5.92 Å². The van der Waals surface area contributed by atoms with E-state index in [1.165, 1.54) is 37.4 Å². The first-order valence-electron chi connectivity index (χ1n) is 9.02. The van der Waals surface area contributed by atoms with Crippen molar-refractivity contribution in [2.45, 2.75) is 69.1 Å². The minimum Gasteiger partial charge on any atom is -0.342 e. The standard InChI is InChI=1S/C18H28N4OS/c1-4-11-22-17(14-7-8-14)19-20-18(22)24-12-16(23)21(3)15-9-5-13(2)6-10-15/h4,13-15H,1,5-12H2,2-3H3. The lowest BCUT2D eigenvalue weighted by molar-refractivity contribution is -0.129. The first kappa shape index (κ1) is 17.5. The minimum absolute atomic E-state index is 0.195. The largest absolute Gasteiger partial charge is 0.342 e. The quantitative estimate of drug-likeness (QED) is 0.559. The monoisotopic (exact) mass is 348 g/mol. The summed E-state index contributed by atoms with van der Waals surface area (Å²) >= 11 is 1.50. The van der Waals surface area contributed by atoms with Gasteiger partial charge in [-0.3, -0.25) is 4.79 Å². The van der Waals surface area contributed by atoms with Gasteiger partial charge in [-0.1, -0.05) is 24.8 Å². The highest BCUT2D eigenvalue weighted by Gasteiger charge is 2.30. The number of carbonyl (C=O) groups is 1. The van der Waals surface area contributed by atoms with Crippen LogP contribution in [-0.4, -0.2) is 44.4 Å². The zero-order valence-corrected chi connectivity index (χ0v) is 15.6. The molecule has 0 atom stereocenters. The van der Waals surface area contributed by atoms with Crippen molar-refractivity contribution in [1.82, 2.24) is 19.7 Å². The molecule has 0 unspecified atom stereocenters. The third-order valence-electron chi connectivity index (χ3n) is 5.25. The Morgan fingerprint density at radius 2 is 2.00 bits per heavy atom. The fourth-order valence-electron chi connectivity index (χ4n) is 3.41. The SMILES string of the molecule is C=CCn1c(SCC(=O)N(C)C2CCC(C)CC2)nnc1C1CC1. The van der Waals surface area contributed by atoms with Crippen molar-refractivity contribution < 1.29 is 4.79 Å². The van der Waals surface area contributed by atoms with E-state index in [0.717, 1.165) is 29.7 Å². The molecule has 0 aromatic carbocycles. The summed E-state index contributed by atoms with van der Waals surface area (Å²) in [4.78, 5) is 14.5. The summed E-state index contributed by atoms with van der Waals surface area (Å²) in [5, 5.41) is 9.49. The van der Waals surface area contributed by atoms with Crippen LogP contribution in [0.2, 0.25) is 0 Å². The van der Waals surface area contributed by atoms with Crippen molar-refractivity contribution >= 4 is 17.7 Å². The van der Waals surface area contributed by atoms with E-state index in [1.807, 2.05) is 18.0 Å². The van der Waals surface area contributed by atoms with Crippen LogP contribution in [0.1, 0.15) is 57.2 Å². The molecule has 0 spiro atoms. The molecule has 0 saturated heterocycles. The summed E-state index contributed by atoms with van der Waals surface area (Å²) < 4.78 is 2.12. The molecular weight excluding hydrogens is 320 g/mol. The van der Waals surface area contributed by atoms with Gasteiger partial charge in [-0.15, -0.1) is 16.8 Å². The van der Waals surface area contributed by atoms with E-state index in [1.54, 1.807) is 0 Å². The van der Waals surface area contributed by atoms with Gasteiger partial charge in [0.05, 0.1) is 5.75 Å². The molecule has 132 valence electrons. The van der Waals surface area contributed by atoms with Crippen molar-refractivity contribution in [2.75, 3.05) is 12.8 Å². The third kappa shape index (κ3) is 4.02. The summed E-state index contributed by atoms with van der Waals surface area (Å²) in [5.74, 6) is 3.04. The highest BCUT2D eigenvalue weighted by molar-refractivity contribution is 7.99. The Labute approximate surface area is 148 Å². The van der Waals surface area contributed by atoms with Crippen molar-refractivity contribution in [3.63, 3.8) is 0 Å². The fraction of sp³-hybridized carbons (Fsp3) is 0.722. The normalized spacial score (nSPS) is 23.9. The molecule has 2 fully saturated rings. The predicted molar refractivity (Wildman–Crippen MR) is 97.1 cm³/mol. The van der Waals surface area contributed by atoms with Gasteiger partial charge in [0.15, 0.2) is 5.16 Å². The molecule has 6 heteroatoms. The van der Waals surface area contributed by atoms with Crippen molar-refractivity contribution in [3.05, 3.63) is 18.5 Å². The third-order valence-corrected chi connectivity index (χ3v) is 6.20. The molecule has 0 N–H and O–H groups in total. The van der Waals surface area contributed by atoms with Gasteiger partial charge in [-0.05, 0) is 44.4 Å². The average molecular weight is 349 g/mol. The zero-order chi connectivity index (χ0) is 17.1. The number of allylic oxidation sites excluding steroid dienone is 1. The lowest BCUT2D eigenvalue weighted by Gasteiger charge is -2.33. The number of amides is 1. The summed E-state index contributed by atoms with van der Waals surface area (Å²) in [7, 11) is 1.95. The molecule has 0 bridgehead atoms. The van der Waals surface area contributed by atoms with Gasteiger partial charge in [0, 0.05) is 25.6 Å². The number of nitrogens with zero attached hydrogens (tertiary/aromatic N) is 4. The molecule has 3 rings (SSSR count). The molecule has 1 heterocycles. The summed E-state index contributed by atoms with van der Waals surface area (Å²) in [6.45, 7) is 6.84. The molecule has 1 aromatic heterocycles. The van der Waals surface area contributed by atoms with Gasteiger partial charge < -0.3 is 9.47 Å². The Morgan fingerprint density at radius 1 is 1.29 bits per heavy atom. The molecule has 0 aliphatic heterocycles. The number of carbonyl (C=O) groups excluding carboxylic acids is 1. The number of thioether (sulfide) groups is 1. The zero-order valence-electron chi connectivity index (χ0n) is 14.8. The summed E-state index contributed by atoms with van der Waals surface area (Å²) in [6, 6.07) is 0.405. The summed E-state index contributed by atoms with van der Waals surface area (Å²) in [5.41, 5.74) is 0. The van der Waals surface area contributed by atoms with E-state index >= 15 is 0 Å². The molecule has 1 amide bonds.